The monoisotopic (exact) mass is 320 g/mol. The van der Waals surface area contributed by atoms with Crippen LogP contribution in [0.25, 0.3) is 21.9 Å². The summed E-state index contributed by atoms with van der Waals surface area (Å²) >= 11 is 0. The first kappa shape index (κ1) is 14.1. The van der Waals surface area contributed by atoms with Gasteiger partial charge in [-0.3, -0.25) is 4.79 Å². The molecule has 1 aliphatic carbocycles. The Balaban J connectivity index is 1.45. The highest BCUT2D eigenvalue weighted by Gasteiger charge is 2.40. The number of piperidine rings is 1. The first-order valence-corrected chi connectivity index (χ1v) is 8.75. The summed E-state index contributed by atoms with van der Waals surface area (Å²) < 4.78 is 5.84. The van der Waals surface area contributed by atoms with Crippen LogP contribution in [0.1, 0.15) is 29.6 Å². The van der Waals surface area contributed by atoms with Crippen molar-refractivity contribution in [2.75, 3.05) is 6.54 Å². The number of carbonyl (C=O) groups excluding carboxylic acids is 1. The highest BCUT2D eigenvalue weighted by atomic mass is 16.3. The van der Waals surface area contributed by atoms with Crippen LogP contribution >= 0.6 is 0 Å². The summed E-state index contributed by atoms with van der Waals surface area (Å²) in [4.78, 5) is 12.7. The third kappa shape index (κ3) is 2.13. The van der Waals surface area contributed by atoms with Gasteiger partial charge in [-0.15, -0.1) is 0 Å². The topological polar surface area (TPSA) is 54.3 Å². The van der Waals surface area contributed by atoms with Crippen molar-refractivity contribution in [1.82, 2.24) is 10.6 Å². The summed E-state index contributed by atoms with van der Waals surface area (Å²) in [6, 6.07) is 14.6. The van der Waals surface area contributed by atoms with E-state index >= 15 is 0 Å². The molecule has 2 unspecified atom stereocenters. The molecule has 5 rings (SSSR count). The van der Waals surface area contributed by atoms with Crippen LogP contribution in [-0.4, -0.2) is 24.5 Å². The molecule has 1 aliphatic heterocycles. The summed E-state index contributed by atoms with van der Waals surface area (Å²) in [6.07, 6.45) is 3.47. The predicted molar refractivity (Wildman–Crippen MR) is 94.1 cm³/mol. The first-order chi connectivity index (χ1) is 11.8. The van der Waals surface area contributed by atoms with Gasteiger partial charge in [0.15, 0.2) is 0 Å². The maximum atomic E-state index is 12.7. The maximum absolute atomic E-state index is 12.7. The van der Waals surface area contributed by atoms with Crippen LogP contribution in [0, 0.1) is 5.92 Å². The standard InChI is InChI=1S/C20H20N2O2/c23-20(22-17-9-10-21-16-7-6-14(16)17)12-5-8-19-15(11-12)13-3-1-2-4-18(13)24-19/h1-5,8,11,14,16-17,21H,6-7,9-10H2,(H,22,23)/t14?,16?,17-/m1/s1. The number of hydrogen-bond donors (Lipinski definition) is 2. The molecule has 1 saturated heterocycles. The molecule has 4 nitrogen and oxygen atoms in total. The Labute approximate surface area is 140 Å². The normalized spacial score (nSPS) is 26.1. The van der Waals surface area contributed by atoms with Gasteiger partial charge in [-0.05, 0) is 56.0 Å². The van der Waals surface area contributed by atoms with E-state index in [2.05, 4.69) is 10.6 Å². The van der Waals surface area contributed by atoms with E-state index in [-0.39, 0.29) is 5.91 Å². The van der Waals surface area contributed by atoms with Crippen molar-refractivity contribution < 1.29 is 9.21 Å². The van der Waals surface area contributed by atoms with Gasteiger partial charge in [-0.1, -0.05) is 18.2 Å². The predicted octanol–water partition coefficient (Wildman–Crippen LogP) is 3.46. The molecule has 2 fully saturated rings. The molecule has 2 heterocycles. The largest absolute Gasteiger partial charge is 0.456 e. The van der Waals surface area contributed by atoms with Crippen molar-refractivity contribution in [2.45, 2.75) is 31.3 Å². The van der Waals surface area contributed by atoms with Gasteiger partial charge in [0, 0.05) is 28.4 Å². The van der Waals surface area contributed by atoms with Gasteiger partial charge in [0.2, 0.25) is 0 Å². The van der Waals surface area contributed by atoms with E-state index in [1.807, 2.05) is 42.5 Å². The van der Waals surface area contributed by atoms with Crippen LogP contribution in [0.15, 0.2) is 46.9 Å². The molecule has 0 spiro atoms. The number of rotatable bonds is 2. The van der Waals surface area contributed by atoms with Crippen molar-refractivity contribution in [2.24, 2.45) is 5.92 Å². The lowest BCUT2D eigenvalue weighted by Gasteiger charge is -2.46. The minimum atomic E-state index is 0.0275. The molecule has 2 aliphatic rings. The molecule has 0 bridgehead atoms. The molecule has 2 N–H and O–H groups in total. The average Bonchev–Trinajstić information content (AvgIpc) is 2.94. The second kappa shape index (κ2) is 5.35. The smallest absolute Gasteiger partial charge is 0.251 e. The molecule has 0 radical (unpaired) electrons. The van der Waals surface area contributed by atoms with Crippen molar-refractivity contribution in [3.05, 3.63) is 48.0 Å². The van der Waals surface area contributed by atoms with Crippen molar-refractivity contribution in [3.63, 3.8) is 0 Å². The molecule has 1 aromatic heterocycles. The number of benzene rings is 2. The van der Waals surface area contributed by atoms with E-state index in [0.29, 0.717) is 23.6 Å². The van der Waals surface area contributed by atoms with E-state index < -0.39 is 0 Å². The van der Waals surface area contributed by atoms with E-state index in [4.69, 9.17) is 4.42 Å². The Morgan fingerprint density at radius 1 is 1.04 bits per heavy atom. The number of amides is 1. The number of furan rings is 1. The third-order valence-corrected chi connectivity index (χ3v) is 5.66. The van der Waals surface area contributed by atoms with Crippen LogP contribution in [0.2, 0.25) is 0 Å². The van der Waals surface area contributed by atoms with E-state index in [1.54, 1.807) is 0 Å². The number of para-hydroxylation sites is 1. The SMILES string of the molecule is O=C(N[C@@H]1CCNC2CCC21)c1ccc2oc3ccccc3c2c1. The Bertz CT molecular complexity index is 930. The summed E-state index contributed by atoms with van der Waals surface area (Å²) in [6.45, 7) is 0.998. The second-order valence-corrected chi connectivity index (χ2v) is 6.98. The van der Waals surface area contributed by atoms with Crippen LogP contribution in [0.4, 0.5) is 0 Å². The zero-order chi connectivity index (χ0) is 16.1. The fraction of sp³-hybridized carbons (Fsp3) is 0.350. The zero-order valence-corrected chi connectivity index (χ0v) is 13.4. The van der Waals surface area contributed by atoms with Gasteiger partial charge in [0.1, 0.15) is 11.2 Å². The fourth-order valence-electron chi connectivity index (χ4n) is 4.20. The van der Waals surface area contributed by atoms with Crippen LogP contribution < -0.4 is 10.6 Å². The number of fused-ring (bicyclic) bond motifs is 4. The second-order valence-electron chi connectivity index (χ2n) is 6.98. The molecular formula is C20H20N2O2. The summed E-state index contributed by atoms with van der Waals surface area (Å²) in [7, 11) is 0. The molecule has 24 heavy (non-hydrogen) atoms. The minimum Gasteiger partial charge on any atom is -0.456 e. The Hall–Kier alpha value is -2.33. The van der Waals surface area contributed by atoms with Crippen LogP contribution in [0.5, 0.6) is 0 Å². The number of hydrogen-bond acceptors (Lipinski definition) is 3. The molecular weight excluding hydrogens is 300 g/mol. The molecule has 4 heteroatoms. The van der Waals surface area contributed by atoms with Gasteiger partial charge in [0.05, 0.1) is 0 Å². The van der Waals surface area contributed by atoms with Crippen LogP contribution in [0.3, 0.4) is 0 Å². The minimum absolute atomic E-state index is 0.0275. The molecule has 3 atom stereocenters. The molecule has 1 amide bonds. The van der Waals surface area contributed by atoms with Gasteiger partial charge < -0.3 is 15.1 Å². The van der Waals surface area contributed by atoms with Gasteiger partial charge >= 0.3 is 0 Å². The zero-order valence-electron chi connectivity index (χ0n) is 13.4. The quantitative estimate of drug-likeness (QED) is 0.760. The Morgan fingerprint density at radius 3 is 2.79 bits per heavy atom. The van der Waals surface area contributed by atoms with E-state index in [9.17, 15) is 4.79 Å². The first-order valence-electron chi connectivity index (χ1n) is 8.75. The molecule has 122 valence electrons. The van der Waals surface area contributed by atoms with Crippen molar-refractivity contribution in [1.29, 1.82) is 0 Å². The van der Waals surface area contributed by atoms with E-state index in [0.717, 1.165) is 34.9 Å². The van der Waals surface area contributed by atoms with Crippen molar-refractivity contribution in [3.8, 4) is 0 Å². The number of carbonyl (C=O) groups is 1. The highest BCUT2D eigenvalue weighted by molar-refractivity contribution is 6.08. The van der Waals surface area contributed by atoms with Gasteiger partial charge in [-0.25, -0.2) is 0 Å². The lowest BCUT2D eigenvalue weighted by molar-refractivity contribution is 0.0798. The Morgan fingerprint density at radius 2 is 1.92 bits per heavy atom. The molecule has 1 saturated carbocycles. The summed E-state index contributed by atoms with van der Waals surface area (Å²) in [5, 5.41) is 8.86. The van der Waals surface area contributed by atoms with Gasteiger partial charge in [0.25, 0.3) is 5.91 Å². The Kier molecular flexibility index (Phi) is 3.13. The van der Waals surface area contributed by atoms with Crippen molar-refractivity contribution >= 4 is 27.8 Å². The average molecular weight is 320 g/mol. The highest BCUT2D eigenvalue weighted by Crippen LogP contribution is 2.34. The van der Waals surface area contributed by atoms with Crippen LogP contribution in [-0.2, 0) is 0 Å². The summed E-state index contributed by atoms with van der Waals surface area (Å²) in [5.74, 6) is 0.626. The lowest BCUT2D eigenvalue weighted by Crippen LogP contribution is -2.59. The molecule has 3 aromatic rings. The van der Waals surface area contributed by atoms with E-state index in [1.165, 1.54) is 12.8 Å². The lowest BCUT2D eigenvalue weighted by atomic mass is 9.71. The molecule has 2 aromatic carbocycles. The van der Waals surface area contributed by atoms with Gasteiger partial charge in [-0.2, -0.15) is 0 Å². The fourth-order valence-corrected chi connectivity index (χ4v) is 4.20. The number of nitrogens with one attached hydrogen (secondary N) is 2. The summed E-state index contributed by atoms with van der Waals surface area (Å²) in [5.41, 5.74) is 2.40. The third-order valence-electron chi connectivity index (χ3n) is 5.66. The maximum Gasteiger partial charge on any atom is 0.251 e.